The molecule has 2 fully saturated rings. The molecule has 3 aliphatic heterocycles. The lowest BCUT2D eigenvalue weighted by Gasteiger charge is -2.40. The second-order valence-corrected chi connectivity index (χ2v) is 14.5. The fourth-order valence-corrected chi connectivity index (χ4v) is 7.57. The second kappa shape index (κ2) is 17.4. The average molecular weight is 840 g/mol. The number of benzene rings is 1. The van der Waals surface area contributed by atoms with Gasteiger partial charge in [0.05, 0.1) is 36.2 Å². The third kappa shape index (κ3) is 8.69. The Balaban J connectivity index is 1.16. The van der Waals surface area contributed by atoms with Crippen LogP contribution >= 0.6 is 0 Å². The number of piperazine rings is 1. The standard InChI is InChI=1S/C37H45N9O14/c1-15-27(39)30(52)26-20(14-59-35(40)56)37(58-4)31-22(12-45(37)28(26)29(15)51)46(31)36(57)60-13-18-5-7-19(8-6-18)43-34(55)21(11-23(38)47)44-33(54)17(3)42-32(53)16(2)41-24(48)9-10-25(49)50/h5-8,16-17,20-22,31H,9-14,39H2,1-4H3,(H2,38,47)(H2,40,56)(H,41,48)(H,42,53)(H,43,55)(H,44,54)(H,49,50)/t16-,17-,20+,21-,22-,31?,37+,46?/m0/s1. The maximum absolute atomic E-state index is 13.4. The summed E-state index contributed by atoms with van der Waals surface area (Å²) in [6, 6.07) is 0.975. The van der Waals surface area contributed by atoms with Crippen LogP contribution in [0, 0.1) is 5.92 Å². The van der Waals surface area contributed by atoms with Crippen molar-refractivity contribution in [1.82, 2.24) is 25.8 Å². The summed E-state index contributed by atoms with van der Waals surface area (Å²) in [4.78, 5) is 128. The topological polar surface area (TPSA) is 351 Å². The van der Waals surface area contributed by atoms with Crippen molar-refractivity contribution in [2.24, 2.45) is 23.1 Å². The summed E-state index contributed by atoms with van der Waals surface area (Å²) < 4.78 is 16.7. The number of aliphatic carboxylic acids is 1. The number of Topliss-reactive ketones (excluding diaryl/α,β-unsaturated/α-hetero) is 2. The number of rotatable bonds is 17. The van der Waals surface area contributed by atoms with Gasteiger partial charge >= 0.3 is 18.2 Å². The van der Waals surface area contributed by atoms with E-state index in [1.807, 2.05) is 0 Å². The van der Waals surface area contributed by atoms with Gasteiger partial charge in [0.15, 0.2) is 5.72 Å². The van der Waals surface area contributed by atoms with E-state index >= 15 is 0 Å². The molecule has 7 amide bonds. The Morgan fingerprint density at radius 1 is 0.900 bits per heavy atom. The number of anilines is 1. The Morgan fingerprint density at radius 3 is 2.13 bits per heavy atom. The number of hydrogen-bond donors (Lipinski definition) is 8. The van der Waals surface area contributed by atoms with Gasteiger partial charge in [0, 0.05) is 36.9 Å². The molecule has 0 saturated carbocycles. The summed E-state index contributed by atoms with van der Waals surface area (Å²) in [5, 5.41) is 18.3. The highest BCUT2D eigenvalue weighted by Gasteiger charge is 2.78. The van der Waals surface area contributed by atoms with Gasteiger partial charge in [0.1, 0.15) is 37.4 Å². The lowest BCUT2D eigenvalue weighted by Crippen LogP contribution is -2.56. The summed E-state index contributed by atoms with van der Waals surface area (Å²) >= 11 is 0. The van der Waals surface area contributed by atoms with Gasteiger partial charge in [-0.1, -0.05) is 12.1 Å². The number of primary amides is 2. The van der Waals surface area contributed by atoms with E-state index in [4.69, 9.17) is 36.5 Å². The fraction of sp³-hybridized carbons (Fsp3) is 0.459. The lowest BCUT2D eigenvalue weighted by molar-refractivity contribution is -0.144. The van der Waals surface area contributed by atoms with E-state index in [0.29, 0.717) is 5.56 Å². The zero-order valence-electron chi connectivity index (χ0n) is 32.9. The Hall–Kier alpha value is -7.04. The zero-order chi connectivity index (χ0) is 44.4. The van der Waals surface area contributed by atoms with Crippen molar-refractivity contribution in [3.05, 3.63) is 52.4 Å². The number of ketones is 2. The van der Waals surface area contributed by atoms with Crippen LogP contribution in [0.2, 0.25) is 0 Å². The number of allylic oxidation sites excluding steroid dienone is 2. The minimum absolute atomic E-state index is 0.00485. The van der Waals surface area contributed by atoms with Crippen molar-refractivity contribution >= 4 is 64.9 Å². The first-order valence-corrected chi connectivity index (χ1v) is 18.5. The van der Waals surface area contributed by atoms with Crippen molar-refractivity contribution in [2.75, 3.05) is 25.6 Å². The third-order valence-electron chi connectivity index (χ3n) is 10.6. The quantitative estimate of drug-likeness (QED) is 0.0597. The van der Waals surface area contributed by atoms with Gasteiger partial charge in [-0.3, -0.25) is 43.3 Å². The summed E-state index contributed by atoms with van der Waals surface area (Å²) in [6.45, 7) is 3.49. The van der Waals surface area contributed by atoms with Crippen molar-refractivity contribution in [1.29, 1.82) is 0 Å². The highest BCUT2D eigenvalue weighted by molar-refractivity contribution is 6.25. The maximum Gasteiger partial charge on any atom is 0.410 e. The van der Waals surface area contributed by atoms with Gasteiger partial charge in [-0.05, 0) is 38.5 Å². The molecule has 11 N–H and O–H groups in total. The van der Waals surface area contributed by atoms with E-state index in [0.717, 1.165) is 0 Å². The van der Waals surface area contributed by atoms with Gasteiger partial charge in [0.2, 0.25) is 41.1 Å². The number of carbonyl (C=O) groups excluding carboxylic acids is 9. The van der Waals surface area contributed by atoms with Crippen molar-refractivity contribution < 1.29 is 67.3 Å². The van der Waals surface area contributed by atoms with Gasteiger partial charge < -0.3 is 62.7 Å². The average Bonchev–Trinajstić information content (AvgIpc) is 3.70. The predicted octanol–water partition coefficient (Wildman–Crippen LogP) is -2.43. The third-order valence-corrected chi connectivity index (χ3v) is 10.6. The van der Waals surface area contributed by atoms with E-state index in [9.17, 15) is 47.9 Å². The summed E-state index contributed by atoms with van der Waals surface area (Å²) in [5.41, 5.74) is 15.6. The minimum Gasteiger partial charge on any atom is -0.481 e. The van der Waals surface area contributed by atoms with Crippen molar-refractivity contribution in [3.63, 3.8) is 0 Å². The first-order valence-electron chi connectivity index (χ1n) is 18.5. The number of nitrogens with two attached hydrogens (primary N) is 3. The first kappa shape index (κ1) is 44.1. The number of nitrogens with one attached hydrogen (secondary N) is 4. The van der Waals surface area contributed by atoms with E-state index in [1.165, 1.54) is 57.0 Å². The number of ether oxygens (including phenoxy) is 3. The molecule has 2 saturated heterocycles. The van der Waals surface area contributed by atoms with Gasteiger partial charge in [-0.2, -0.15) is 0 Å². The molecule has 0 bridgehead atoms. The van der Waals surface area contributed by atoms with Crippen LogP contribution in [-0.4, -0.2) is 130 Å². The predicted molar refractivity (Wildman–Crippen MR) is 202 cm³/mol. The molecule has 23 heteroatoms. The summed E-state index contributed by atoms with van der Waals surface area (Å²) in [6.07, 6.45) is -3.26. The SMILES string of the molecule is CO[C@]12C3[C@H](CN1C1=C(C(=O)C(N)=C(C)C1=O)[C@H]2COC(N)=O)N3C(=O)OCc1ccc(NC(=O)[C@H](CC(N)=O)NC(=O)[C@H](C)NC(=O)[C@H](C)NC(=O)CCC(=O)O)cc1. The molecule has 1 aliphatic carbocycles. The molecule has 0 aromatic heterocycles. The Bertz CT molecular complexity index is 2100. The van der Waals surface area contributed by atoms with Crippen LogP contribution in [-0.2, 0) is 59.2 Å². The Labute approximate surface area is 341 Å². The molecule has 0 radical (unpaired) electrons. The molecular weight excluding hydrogens is 794 g/mol. The zero-order valence-corrected chi connectivity index (χ0v) is 32.9. The molecular formula is C37H45N9O14. The number of hydrogen-bond acceptors (Lipinski definition) is 15. The molecule has 3 heterocycles. The number of methoxy groups -OCH3 is 1. The second-order valence-electron chi connectivity index (χ2n) is 14.5. The maximum atomic E-state index is 13.4. The van der Waals surface area contributed by atoms with Crippen LogP contribution in [0.25, 0.3) is 0 Å². The number of amides is 7. The van der Waals surface area contributed by atoms with Gasteiger partial charge in [0.25, 0.3) is 0 Å². The largest absolute Gasteiger partial charge is 0.481 e. The Morgan fingerprint density at radius 2 is 1.53 bits per heavy atom. The van der Waals surface area contributed by atoms with Crippen LogP contribution < -0.4 is 38.5 Å². The monoisotopic (exact) mass is 839 g/mol. The highest BCUT2D eigenvalue weighted by Crippen LogP contribution is 2.59. The van der Waals surface area contributed by atoms with E-state index < -0.39 is 121 Å². The van der Waals surface area contributed by atoms with Crippen molar-refractivity contribution in [2.45, 2.75) is 82.6 Å². The summed E-state index contributed by atoms with van der Waals surface area (Å²) in [5.74, 6) is -7.39. The summed E-state index contributed by atoms with van der Waals surface area (Å²) in [7, 11) is 1.35. The molecule has 7 atom stereocenters. The highest BCUT2D eigenvalue weighted by atomic mass is 16.6. The number of carboxylic acids is 1. The normalized spacial score (nSPS) is 22.7. The molecule has 1 aromatic rings. The number of carboxylic acid groups (broad SMARTS) is 1. The molecule has 4 aliphatic rings. The molecule has 1 aromatic carbocycles. The minimum atomic E-state index is -1.49. The first-order chi connectivity index (χ1) is 28.2. The van der Waals surface area contributed by atoms with E-state index in [2.05, 4.69) is 21.3 Å². The fourth-order valence-electron chi connectivity index (χ4n) is 7.57. The molecule has 5 rings (SSSR count). The van der Waals surface area contributed by atoms with Crippen LogP contribution in [0.4, 0.5) is 15.3 Å². The molecule has 60 heavy (non-hydrogen) atoms. The molecule has 0 spiro atoms. The van der Waals surface area contributed by atoms with E-state index in [-0.39, 0.29) is 47.8 Å². The molecule has 23 nitrogen and oxygen atoms in total. The van der Waals surface area contributed by atoms with Crippen LogP contribution in [0.3, 0.4) is 0 Å². The number of fused-ring (bicyclic) bond motifs is 4. The van der Waals surface area contributed by atoms with E-state index in [1.54, 1.807) is 4.90 Å². The lowest BCUT2D eigenvalue weighted by atomic mass is 9.82. The van der Waals surface area contributed by atoms with Crippen LogP contribution in [0.1, 0.15) is 45.6 Å². The van der Waals surface area contributed by atoms with Crippen LogP contribution in [0.15, 0.2) is 46.8 Å². The van der Waals surface area contributed by atoms with Crippen molar-refractivity contribution in [3.8, 4) is 0 Å². The smallest absolute Gasteiger partial charge is 0.410 e. The van der Waals surface area contributed by atoms with Gasteiger partial charge in [-0.25, -0.2) is 9.59 Å². The van der Waals surface area contributed by atoms with Gasteiger partial charge in [-0.15, -0.1) is 0 Å². The van der Waals surface area contributed by atoms with Crippen LogP contribution in [0.5, 0.6) is 0 Å². The number of carbonyl (C=O) groups is 10. The molecule has 322 valence electrons. The molecule has 1 unspecified atom stereocenters. The Kier molecular flexibility index (Phi) is 12.8. The number of nitrogens with zero attached hydrogens (tertiary/aromatic N) is 2.